The van der Waals surface area contributed by atoms with Gasteiger partial charge in [0, 0.05) is 12.6 Å². The second-order valence-electron chi connectivity index (χ2n) is 2.60. The minimum Gasteiger partial charge on any atom is -0.380 e. The van der Waals surface area contributed by atoms with Crippen LogP contribution in [-0.2, 0) is 4.74 Å². The number of hydrogen-bond donors (Lipinski definition) is 1. The van der Waals surface area contributed by atoms with Gasteiger partial charge in [-0.05, 0) is 19.4 Å². The van der Waals surface area contributed by atoms with Crippen molar-refractivity contribution in [1.29, 1.82) is 0 Å². The van der Waals surface area contributed by atoms with Crippen molar-refractivity contribution in [3.63, 3.8) is 0 Å². The van der Waals surface area contributed by atoms with Gasteiger partial charge in [-0.2, -0.15) is 0 Å². The van der Waals surface area contributed by atoms with Crippen LogP contribution < -0.4 is 5.32 Å². The second-order valence-corrected chi connectivity index (χ2v) is 2.60. The Balaban J connectivity index is 2.21. The minimum atomic E-state index is 0.500. The fraction of sp³-hybridized carbons (Fsp3) is 0.750. The summed E-state index contributed by atoms with van der Waals surface area (Å²) in [6, 6.07) is 0.500. The number of hydrogen-bond acceptors (Lipinski definition) is 2. The molecule has 0 aromatic carbocycles. The summed E-state index contributed by atoms with van der Waals surface area (Å²) in [6.45, 7) is 6.51. The van der Waals surface area contributed by atoms with Crippen molar-refractivity contribution in [2.45, 2.75) is 18.9 Å². The van der Waals surface area contributed by atoms with E-state index in [2.05, 4.69) is 11.9 Å². The minimum absolute atomic E-state index is 0.500. The van der Waals surface area contributed by atoms with Crippen molar-refractivity contribution < 1.29 is 4.74 Å². The van der Waals surface area contributed by atoms with Crippen LogP contribution in [0.25, 0.3) is 0 Å². The number of ether oxygens (including phenoxy) is 1. The molecule has 0 amide bonds. The van der Waals surface area contributed by atoms with Gasteiger partial charge in [-0.1, -0.05) is 6.08 Å². The standard InChI is InChI=1S/C8H15NO/c1-2-4-8-7-10-6-3-5-9-8/h2,8-9H,1,3-7H2/t8-/m0/s1. The first-order chi connectivity index (χ1) is 4.93. The zero-order valence-electron chi connectivity index (χ0n) is 6.31. The van der Waals surface area contributed by atoms with E-state index in [1.165, 1.54) is 0 Å². The lowest BCUT2D eigenvalue weighted by molar-refractivity contribution is 0.132. The summed E-state index contributed by atoms with van der Waals surface area (Å²) in [7, 11) is 0. The summed E-state index contributed by atoms with van der Waals surface area (Å²) >= 11 is 0. The van der Waals surface area contributed by atoms with E-state index in [1.54, 1.807) is 0 Å². The first-order valence-electron chi connectivity index (χ1n) is 3.85. The molecule has 1 N–H and O–H groups in total. The molecule has 0 radical (unpaired) electrons. The summed E-state index contributed by atoms with van der Waals surface area (Å²) in [5.41, 5.74) is 0. The Kier molecular flexibility index (Phi) is 3.47. The first-order valence-corrected chi connectivity index (χ1v) is 3.85. The van der Waals surface area contributed by atoms with E-state index in [0.717, 1.165) is 32.6 Å². The summed E-state index contributed by atoms with van der Waals surface area (Å²) in [6.07, 6.45) is 4.08. The quantitative estimate of drug-likeness (QED) is 0.578. The normalized spacial score (nSPS) is 27.4. The topological polar surface area (TPSA) is 21.3 Å². The molecule has 1 rings (SSSR count). The van der Waals surface area contributed by atoms with Gasteiger partial charge in [0.1, 0.15) is 0 Å². The summed E-state index contributed by atoms with van der Waals surface area (Å²) in [4.78, 5) is 0. The van der Waals surface area contributed by atoms with E-state index in [1.807, 2.05) is 6.08 Å². The molecule has 2 heteroatoms. The fourth-order valence-electron chi connectivity index (χ4n) is 1.12. The maximum Gasteiger partial charge on any atom is 0.0622 e. The molecule has 0 bridgehead atoms. The van der Waals surface area contributed by atoms with E-state index in [9.17, 15) is 0 Å². The monoisotopic (exact) mass is 141 g/mol. The summed E-state index contributed by atoms with van der Waals surface area (Å²) in [5.74, 6) is 0. The van der Waals surface area contributed by atoms with Crippen LogP contribution in [0.5, 0.6) is 0 Å². The zero-order chi connectivity index (χ0) is 7.23. The summed E-state index contributed by atoms with van der Waals surface area (Å²) < 4.78 is 5.35. The average Bonchev–Trinajstić information content (AvgIpc) is 2.17. The first kappa shape index (κ1) is 7.76. The molecule has 1 aliphatic rings. The van der Waals surface area contributed by atoms with Gasteiger partial charge < -0.3 is 10.1 Å². The van der Waals surface area contributed by atoms with Crippen LogP contribution in [0.4, 0.5) is 0 Å². The highest BCUT2D eigenvalue weighted by Crippen LogP contribution is 1.98. The molecule has 0 spiro atoms. The van der Waals surface area contributed by atoms with Crippen molar-refractivity contribution in [3.8, 4) is 0 Å². The van der Waals surface area contributed by atoms with Crippen molar-refractivity contribution in [1.82, 2.24) is 5.32 Å². The van der Waals surface area contributed by atoms with Gasteiger partial charge >= 0.3 is 0 Å². The van der Waals surface area contributed by atoms with E-state index in [0.29, 0.717) is 6.04 Å². The molecule has 0 aromatic rings. The molecular weight excluding hydrogens is 126 g/mol. The molecule has 1 heterocycles. The van der Waals surface area contributed by atoms with Crippen LogP contribution in [-0.4, -0.2) is 25.8 Å². The van der Waals surface area contributed by atoms with Gasteiger partial charge in [0.15, 0.2) is 0 Å². The highest BCUT2D eigenvalue weighted by molar-refractivity contribution is 4.78. The van der Waals surface area contributed by atoms with Crippen LogP contribution in [0.15, 0.2) is 12.7 Å². The molecule has 1 fully saturated rings. The van der Waals surface area contributed by atoms with Gasteiger partial charge in [0.25, 0.3) is 0 Å². The largest absolute Gasteiger partial charge is 0.380 e. The Morgan fingerprint density at radius 2 is 2.60 bits per heavy atom. The van der Waals surface area contributed by atoms with Crippen LogP contribution in [0.3, 0.4) is 0 Å². The molecule has 58 valence electrons. The number of rotatable bonds is 2. The Labute approximate surface area is 62.3 Å². The molecule has 0 aliphatic carbocycles. The Morgan fingerprint density at radius 1 is 1.70 bits per heavy atom. The van der Waals surface area contributed by atoms with E-state index >= 15 is 0 Å². The third kappa shape index (κ3) is 2.50. The van der Waals surface area contributed by atoms with Crippen molar-refractivity contribution in [2.24, 2.45) is 0 Å². The molecule has 2 nitrogen and oxygen atoms in total. The van der Waals surface area contributed by atoms with E-state index < -0.39 is 0 Å². The molecule has 1 aliphatic heterocycles. The third-order valence-electron chi connectivity index (χ3n) is 1.67. The van der Waals surface area contributed by atoms with Gasteiger partial charge in [-0.15, -0.1) is 6.58 Å². The van der Waals surface area contributed by atoms with Gasteiger partial charge in [0.05, 0.1) is 6.61 Å². The second kappa shape index (κ2) is 4.47. The Bertz CT molecular complexity index is 95.4. The maximum atomic E-state index is 5.35. The summed E-state index contributed by atoms with van der Waals surface area (Å²) in [5, 5.41) is 3.39. The highest BCUT2D eigenvalue weighted by atomic mass is 16.5. The SMILES string of the molecule is C=CC[C@H]1COCCCN1. The lowest BCUT2D eigenvalue weighted by Gasteiger charge is -2.11. The van der Waals surface area contributed by atoms with Crippen molar-refractivity contribution >= 4 is 0 Å². The van der Waals surface area contributed by atoms with Gasteiger partial charge in [0.2, 0.25) is 0 Å². The van der Waals surface area contributed by atoms with E-state index in [4.69, 9.17) is 4.74 Å². The smallest absolute Gasteiger partial charge is 0.0622 e. The maximum absolute atomic E-state index is 5.35. The highest BCUT2D eigenvalue weighted by Gasteiger charge is 2.08. The molecular formula is C8H15NO. The van der Waals surface area contributed by atoms with Crippen LogP contribution in [0.1, 0.15) is 12.8 Å². The molecule has 0 unspecified atom stereocenters. The van der Waals surface area contributed by atoms with Crippen molar-refractivity contribution in [2.75, 3.05) is 19.8 Å². The lowest BCUT2D eigenvalue weighted by Crippen LogP contribution is -2.30. The zero-order valence-corrected chi connectivity index (χ0v) is 6.31. The fourth-order valence-corrected chi connectivity index (χ4v) is 1.12. The molecule has 1 atom stereocenters. The molecule has 0 saturated carbocycles. The third-order valence-corrected chi connectivity index (χ3v) is 1.67. The van der Waals surface area contributed by atoms with Crippen LogP contribution in [0, 0.1) is 0 Å². The molecule has 10 heavy (non-hydrogen) atoms. The molecule has 1 saturated heterocycles. The lowest BCUT2D eigenvalue weighted by atomic mass is 10.2. The Morgan fingerprint density at radius 3 is 3.40 bits per heavy atom. The number of nitrogens with one attached hydrogen (secondary N) is 1. The Hall–Kier alpha value is -0.340. The van der Waals surface area contributed by atoms with Crippen molar-refractivity contribution in [3.05, 3.63) is 12.7 Å². The average molecular weight is 141 g/mol. The molecule has 0 aromatic heterocycles. The van der Waals surface area contributed by atoms with Gasteiger partial charge in [-0.3, -0.25) is 0 Å². The predicted octanol–water partition coefficient (Wildman–Crippen LogP) is 0.941. The van der Waals surface area contributed by atoms with Crippen LogP contribution in [0.2, 0.25) is 0 Å². The van der Waals surface area contributed by atoms with E-state index in [-0.39, 0.29) is 0 Å². The van der Waals surface area contributed by atoms with Crippen LogP contribution >= 0.6 is 0 Å². The predicted molar refractivity (Wildman–Crippen MR) is 42.0 cm³/mol. The van der Waals surface area contributed by atoms with Gasteiger partial charge in [-0.25, -0.2) is 0 Å².